The predicted molar refractivity (Wildman–Crippen MR) is 132 cm³/mol. The SMILES string of the molecule is O=C(Nc1cccc(Oc2ccc3c(c2)C(=O)N(CC2CCCO2)C3=O)c1)c1ccc(Cl)c(Cl)c1. The summed E-state index contributed by atoms with van der Waals surface area (Å²) >= 11 is 11.9. The summed E-state index contributed by atoms with van der Waals surface area (Å²) in [7, 11) is 0. The number of ether oxygens (including phenoxy) is 2. The molecule has 1 atom stereocenters. The number of fused-ring (bicyclic) bond motifs is 1. The van der Waals surface area contributed by atoms with E-state index in [1.54, 1.807) is 54.6 Å². The van der Waals surface area contributed by atoms with Gasteiger partial charge >= 0.3 is 0 Å². The van der Waals surface area contributed by atoms with E-state index in [4.69, 9.17) is 32.7 Å². The lowest BCUT2D eigenvalue weighted by Gasteiger charge is -2.17. The normalized spacial score (nSPS) is 17.0. The van der Waals surface area contributed by atoms with Crippen molar-refractivity contribution >= 4 is 46.6 Å². The summed E-state index contributed by atoms with van der Waals surface area (Å²) in [6.07, 6.45) is 1.65. The molecule has 0 radical (unpaired) electrons. The van der Waals surface area contributed by atoms with Crippen molar-refractivity contribution in [2.45, 2.75) is 18.9 Å². The van der Waals surface area contributed by atoms with E-state index in [-0.39, 0.29) is 35.4 Å². The van der Waals surface area contributed by atoms with Gasteiger partial charge in [-0.25, -0.2) is 0 Å². The fourth-order valence-electron chi connectivity index (χ4n) is 4.11. The van der Waals surface area contributed by atoms with Gasteiger partial charge in [-0.15, -0.1) is 0 Å². The minimum Gasteiger partial charge on any atom is -0.457 e. The van der Waals surface area contributed by atoms with E-state index < -0.39 is 0 Å². The van der Waals surface area contributed by atoms with E-state index in [1.165, 1.54) is 11.0 Å². The van der Waals surface area contributed by atoms with Gasteiger partial charge in [0, 0.05) is 23.9 Å². The van der Waals surface area contributed by atoms with Crippen LogP contribution in [-0.4, -0.2) is 41.9 Å². The lowest BCUT2D eigenvalue weighted by Crippen LogP contribution is -2.36. The highest BCUT2D eigenvalue weighted by molar-refractivity contribution is 6.42. The maximum absolute atomic E-state index is 12.9. The Kier molecular flexibility index (Phi) is 6.47. The first kappa shape index (κ1) is 23.4. The first-order valence-electron chi connectivity index (χ1n) is 11.1. The van der Waals surface area contributed by atoms with Crippen LogP contribution in [0.2, 0.25) is 10.0 Å². The fraction of sp³-hybridized carbons (Fsp3) is 0.192. The number of carbonyl (C=O) groups excluding carboxylic acids is 3. The molecule has 2 aliphatic rings. The number of benzene rings is 3. The van der Waals surface area contributed by atoms with E-state index in [2.05, 4.69) is 5.32 Å². The van der Waals surface area contributed by atoms with Gasteiger partial charge in [-0.05, 0) is 61.4 Å². The summed E-state index contributed by atoms with van der Waals surface area (Å²) in [5.41, 5.74) is 1.52. The summed E-state index contributed by atoms with van der Waals surface area (Å²) < 4.78 is 11.5. The molecule has 7 nitrogen and oxygen atoms in total. The van der Waals surface area contributed by atoms with Crippen LogP contribution in [0, 0.1) is 0 Å². The zero-order valence-electron chi connectivity index (χ0n) is 18.4. The second kappa shape index (κ2) is 9.70. The number of nitrogens with one attached hydrogen (secondary N) is 1. The van der Waals surface area contributed by atoms with Gasteiger partial charge < -0.3 is 14.8 Å². The second-order valence-corrected chi connectivity index (χ2v) is 9.09. The first-order valence-corrected chi connectivity index (χ1v) is 11.8. The summed E-state index contributed by atoms with van der Waals surface area (Å²) in [4.78, 5) is 39.4. The van der Waals surface area contributed by atoms with Crippen LogP contribution in [0.4, 0.5) is 5.69 Å². The third-order valence-corrected chi connectivity index (χ3v) is 6.60. The molecule has 1 saturated heterocycles. The Morgan fingerprint density at radius 3 is 2.54 bits per heavy atom. The molecule has 0 aromatic heterocycles. The molecule has 9 heteroatoms. The Labute approximate surface area is 211 Å². The molecule has 3 amide bonds. The highest BCUT2D eigenvalue weighted by atomic mass is 35.5. The van der Waals surface area contributed by atoms with Crippen molar-refractivity contribution in [1.82, 2.24) is 4.90 Å². The highest BCUT2D eigenvalue weighted by Gasteiger charge is 2.37. The van der Waals surface area contributed by atoms with Gasteiger partial charge in [-0.1, -0.05) is 29.3 Å². The molecule has 0 saturated carbocycles. The lowest BCUT2D eigenvalue weighted by molar-refractivity contribution is 0.0475. The van der Waals surface area contributed by atoms with Gasteiger partial charge in [0.1, 0.15) is 11.5 Å². The zero-order chi connectivity index (χ0) is 24.5. The average Bonchev–Trinajstić information content (AvgIpc) is 3.44. The Balaban J connectivity index is 1.29. The molecule has 3 aromatic carbocycles. The van der Waals surface area contributed by atoms with E-state index in [0.29, 0.717) is 45.5 Å². The van der Waals surface area contributed by atoms with Crippen LogP contribution < -0.4 is 10.1 Å². The molecule has 2 heterocycles. The van der Waals surface area contributed by atoms with Gasteiger partial charge in [0.2, 0.25) is 0 Å². The van der Waals surface area contributed by atoms with Gasteiger partial charge in [0.25, 0.3) is 17.7 Å². The average molecular weight is 511 g/mol. The number of amides is 3. The Morgan fingerprint density at radius 1 is 0.971 bits per heavy atom. The third kappa shape index (κ3) is 4.89. The van der Waals surface area contributed by atoms with Crippen LogP contribution in [0.3, 0.4) is 0 Å². The van der Waals surface area contributed by atoms with E-state index >= 15 is 0 Å². The standard InChI is InChI=1S/C26H20Cl2N2O5/c27-22-9-6-15(11-23(22)28)24(31)29-16-3-1-4-17(12-16)35-18-7-8-20-21(13-18)26(33)30(25(20)32)14-19-5-2-10-34-19/h1,3-4,6-9,11-13,19H,2,5,10,14H2,(H,29,31). The Morgan fingerprint density at radius 2 is 1.77 bits per heavy atom. The van der Waals surface area contributed by atoms with Crippen LogP contribution in [0.5, 0.6) is 11.5 Å². The number of carbonyl (C=O) groups is 3. The number of hydrogen-bond acceptors (Lipinski definition) is 5. The molecule has 1 fully saturated rings. The quantitative estimate of drug-likeness (QED) is 0.422. The molecule has 0 bridgehead atoms. The highest BCUT2D eigenvalue weighted by Crippen LogP contribution is 2.31. The van der Waals surface area contributed by atoms with Crippen molar-refractivity contribution in [2.24, 2.45) is 0 Å². The van der Waals surface area contributed by atoms with Crippen molar-refractivity contribution in [2.75, 3.05) is 18.5 Å². The van der Waals surface area contributed by atoms with E-state index in [1.807, 2.05) is 0 Å². The first-order chi connectivity index (χ1) is 16.9. The number of halogens is 2. The summed E-state index contributed by atoms with van der Waals surface area (Å²) in [5, 5.41) is 3.44. The van der Waals surface area contributed by atoms with Gasteiger partial charge in [-0.3, -0.25) is 19.3 Å². The molecule has 0 aliphatic carbocycles. The van der Waals surface area contributed by atoms with Crippen LogP contribution in [0.25, 0.3) is 0 Å². The summed E-state index contributed by atoms with van der Waals surface area (Å²) in [6.45, 7) is 0.905. The van der Waals surface area contributed by atoms with E-state index in [9.17, 15) is 14.4 Å². The molecule has 1 unspecified atom stereocenters. The maximum Gasteiger partial charge on any atom is 0.261 e. The predicted octanol–water partition coefficient (Wildman–Crippen LogP) is 5.81. The molecule has 1 N–H and O–H groups in total. The van der Waals surface area contributed by atoms with Crippen molar-refractivity contribution < 1.29 is 23.9 Å². The van der Waals surface area contributed by atoms with Crippen LogP contribution in [0.1, 0.15) is 43.9 Å². The molecule has 0 spiro atoms. The topological polar surface area (TPSA) is 84.9 Å². The molecule has 35 heavy (non-hydrogen) atoms. The number of anilines is 1. The number of imide groups is 1. The monoisotopic (exact) mass is 510 g/mol. The van der Waals surface area contributed by atoms with Crippen molar-refractivity contribution in [3.63, 3.8) is 0 Å². The molecule has 178 valence electrons. The zero-order valence-corrected chi connectivity index (χ0v) is 19.9. The smallest absolute Gasteiger partial charge is 0.261 e. The molecule has 2 aliphatic heterocycles. The molecular formula is C26H20Cl2N2O5. The van der Waals surface area contributed by atoms with Gasteiger partial charge in [-0.2, -0.15) is 0 Å². The fourth-order valence-corrected chi connectivity index (χ4v) is 4.40. The number of nitrogens with zero attached hydrogens (tertiary/aromatic N) is 1. The Hall–Kier alpha value is -3.39. The summed E-state index contributed by atoms with van der Waals surface area (Å²) in [6, 6.07) is 16.2. The van der Waals surface area contributed by atoms with Crippen molar-refractivity contribution in [3.05, 3.63) is 87.4 Å². The Bertz CT molecular complexity index is 1340. The summed E-state index contributed by atoms with van der Waals surface area (Å²) in [5.74, 6) is -0.178. The van der Waals surface area contributed by atoms with Crippen molar-refractivity contribution in [1.29, 1.82) is 0 Å². The molecular weight excluding hydrogens is 491 g/mol. The molecule has 3 aromatic rings. The third-order valence-electron chi connectivity index (χ3n) is 5.86. The van der Waals surface area contributed by atoms with E-state index in [0.717, 1.165) is 12.8 Å². The van der Waals surface area contributed by atoms with Gasteiger partial charge in [0.15, 0.2) is 0 Å². The number of hydrogen-bond donors (Lipinski definition) is 1. The second-order valence-electron chi connectivity index (χ2n) is 8.28. The van der Waals surface area contributed by atoms with Crippen LogP contribution in [-0.2, 0) is 4.74 Å². The number of rotatable bonds is 6. The minimum absolute atomic E-state index is 0.116. The van der Waals surface area contributed by atoms with Gasteiger partial charge in [0.05, 0.1) is 33.8 Å². The molecule has 5 rings (SSSR count). The largest absolute Gasteiger partial charge is 0.457 e. The van der Waals surface area contributed by atoms with Crippen molar-refractivity contribution in [3.8, 4) is 11.5 Å². The maximum atomic E-state index is 12.9. The van der Waals surface area contributed by atoms with Crippen LogP contribution in [0.15, 0.2) is 60.7 Å². The minimum atomic E-state index is -0.353. The van der Waals surface area contributed by atoms with Crippen LogP contribution >= 0.6 is 23.2 Å². The lowest BCUT2D eigenvalue weighted by atomic mass is 10.1.